The smallest absolute Gasteiger partial charge is 0.274 e. The van der Waals surface area contributed by atoms with Crippen LogP contribution in [-0.2, 0) is 11.2 Å². The molecule has 2 fully saturated rings. The second-order valence-corrected chi connectivity index (χ2v) is 6.77. The Balaban J connectivity index is 1.69. The van der Waals surface area contributed by atoms with Gasteiger partial charge in [-0.05, 0) is 25.8 Å². The number of piperazine rings is 1. The first-order valence-corrected chi connectivity index (χ1v) is 8.58. The molecule has 2 aliphatic rings. The van der Waals surface area contributed by atoms with Crippen molar-refractivity contribution in [2.75, 3.05) is 46.3 Å². The fourth-order valence-electron chi connectivity index (χ4n) is 3.41. The summed E-state index contributed by atoms with van der Waals surface area (Å²) >= 11 is 0. The van der Waals surface area contributed by atoms with Crippen LogP contribution in [0.2, 0.25) is 0 Å². The summed E-state index contributed by atoms with van der Waals surface area (Å²) in [6, 6.07) is 0. The van der Waals surface area contributed by atoms with Gasteiger partial charge >= 0.3 is 0 Å². The zero-order valence-corrected chi connectivity index (χ0v) is 14.4. The molecule has 0 bridgehead atoms. The number of amides is 2. The van der Waals surface area contributed by atoms with Crippen LogP contribution in [0.4, 0.5) is 0 Å². The SMILES string of the molecule is CC(=O)N1CC[C@@H](Cc2nccnc2C(=O)N2CCN(C)CC2)C1. The molecule has 1 aromatic heterocycles. The highest BCUT2D eigenvalue weighted by Gasteiger charge is 2.28. The summed E-state index contributed by atoms with van der Waals surface area (Å²) in [6.45, 7) is 6.37. The Morgan fingerprint density at radius 1 is 1.08 bits per heavy atom. The number of hydrogen-bond donors (Lipinski definition) is 0. The number of likely N-dealkylation sites (tertiary alicyclic amines) is 1. The lowest BCUT2D eigenvalue weighted by molar-refractivity contribution is -0.127. The summed E-state index contributed by atoms with van der Waals surface area (Å²) in [5.41, 5.74) is 1.24. The van der Waals surface area contributed by atoms with E-state index in [-0.39, 0.29) is 11.8 Å². The van der Waals surface area contributed by atoms with Crippen molar-refractivity contribution in [3.8, 4) is 0 Å². The van der Waals surface area contributed by atoms with Crippen LogP contribution in [0, 0.1) is 5.92 Å². The minimum absolute atomic E-state index is 0.0207. The highest BCUT2D eigenvalue weighted by molar-refractivity contribution is 5.93. The molecule has 1 atom stereocenters. The summed E-state index contributed by atoms with van der Waals surface area (Å²) in [5.74, 6) is 0.447. The average molecular weight is 331 g/mol. The summed E-state index contributed by atoms with van der Waals surface area (Å²) in [7, 11) is 2.07. The number of rotatable bonds is 3. The van der Waals surface area contributed by atoms with Crippen molar-refractivity contribution in [1.29, 1.82) is 0 Å². The maximum absolute atomic E-state index is 12.8. The molecule has 24 heavy (non-hydrogen) atoms. The molecule has 0 unspecified atom stereocenters. The third kappa shape index (κ3) is 3.72. The third-order valence-corrected chi connectivity index (χ3v) is 4.98. The monoisotopic (exact) mass is 331 g/mol. The van der Waals surface area contributed by atoms with Crippen LogP contribution >= 0.6 is 0 Å². The molecule has 1 aromatic rings. The van der Waals surface area contributed by atoms with Gasteiger partial charge in [0.2, 0.25) is 5.91 Å². The molecule has 7 heteroatoms. The molecule has 3 rings (SSSR count). The number of carbonyl (C=O) groups is 2. The van der Waals surface area contributed by atoms with Crippen molar-refractivity contribution >= 4 is 11.8 Å². The standard InChI is InChI=1S/C17H25N5O2/c1-13(23)22-6-3-14(12-22)11-15-16(19-5-4-18-15)17(24)21-9-7-20(2)8-10-21/h4-5,14H,3,6-12H2,1-2H3/t14-/m0/s1. The minimum atomic E-state index is -0.0207. The van der Waals surface area contributed by atoms with E-state index < -0.39 is 0 Å². The lowest BCUT2D eigenvalue weighted by Gasteiger charge is -2.32. The van der Waals surface area contributed by atoms with E-state index in [1.54, 1.807) is 19.3 Å². The Kier molecular flexibility index (Phi) is 5.08. The normalized spacial score (nSPS) is 22.0. The lowest BCUT2D eigenvalue weighted by atomic mass is 10.0. The first kappa shape index (κ1) is 16.8. The highest BCUT2D eigenvalue weighted by atomic mass is 16.2. The summed E-state index contributed by atoms with van der Waals surface area (Å²) in [4.78, 5) is 39.0. The van der Waals surface area contributed by atoms with Crippen LogP contribution in [0.5, 0.6) is 0 Å². The fraction of sp³-hybridized carbons (Fsp3) is 0.647. The van der Waals surface area contributed by atoms with Gasteiger partial charge in [0.25, 0.3) is 5.91 Å². The number of carbonyl (C=O) groups excluding carboxylic acids is 2. The van der Waals surface area contributed by atoms with Crippen molar-refractivity contribution in [3.05, 3.63) is 23.8 Å². The van der Waals surface area contributed by atoms with Crippen molar-refractivity contribution in [2.45, 2.75) is 19.8 Å². The molecule has 130 valence electrons. The van der Waals surface area contributed by atoms with Crippen LogP contribution in [0.3, 0.4) is 0 Å². The second kappa shape index (κ2) is 7.25. The van der Waals surface area contributed by atoms with Gasteiger partial charge in [-0.1, -0.05) is 0 Å². The average Bonchev–Trinajstić information content (AvgIpc) is 3.04. The predicted octanol–water partition coefficient (Wildman–Crippen LogP) is 0.275. The van der Waals surface area contributed by atoms with Gasteiger partial charge in [0.15, 0.2) is 0 Å². The molecule has 0 aromatic carbocycles. The third-order valence-electron chi connectivity index (χ3n) is 4.98. The van der Waals surface area contributed by atoms with Crippen molar-refractivity contribution in [2.24, 2.45) is 5.92 Å². The summed E-state index contributed by atoms with van der Waals surface area (Å²) < 4.78 is 0. The number of likely N-dealkylation sites (N-methyl/N-ethyl adjacent to an activating group) is 1. The zero-order chi connectivity index (χ0) is 17.1. The lowest BCUT2D eigenvalue weighted by Crippen LogP contribution is -2.47. The van der Waals surface area contributed by atoms with Gasteiger partial charge in [0.1, 0.15) is 5.69 Å². The van der Waals surface area contributed by atoms with Crippen LogP contribution in [-0.4, -0.2) is 82.8 Å². The Bertz CT molecular complexity index is 613. The van der Waals surface area contributed by atoms with E-state index >= 15 is 0 Å². The van der Waals surface area contributed by atoms with E-state index in [2.05, 4.69) is 21.9 Å². The van der Waals surface area contributed by atoms with Gasteiger partial charge in [-0.25, -0.2) is 4.98 Å². The molecular formula is C17H25N5O2. The summed E-state index contributed by atoms with van der Waals surface area (Å²) in [6.07, 6.45) is 4.89. The molecule has 0 saturated carbocycles. The largest absolute Gasteiger partial charge is 0.343 e. The summed E-state index contributed by atoms with van der Waals surface area (Å²) in [5, 5.41) is 0. The van der Waals surface area contributed by atoms with Crippen LogP contribution < -0.4 is 0 Å². The van der Waals surface area contributed by atoms with E-state index in [0.717, 1.165) is 51.4 Å². The Labute approximate surface area is 142 Å². The van der Waals surface area contributed by atoms with Gasteiger partial charge in [-0.2, -0.15) is 0 Å². The maximum Gasteiger partial charge on any atom is 0.274 e. The topological polar surface area (TPSA) is 69.6 Å². The first-order chi connectivity index (χ1) is 11.5. The van der Waals surface area contributed by atoms with Gasteiger partial charge in [-0.15, -0.1) is 0 Å². The van der Waals surface area contributed by atoms with Crippen LogP contribution in [0.25, 0.3) is 0 Å². The molecule has 2 saturated heterocycles. The van der Waals surface area contributed by atoms with Gasteiger partial charge in [0.05, 0.1) is 5.69 Å². The molecule has 2 aliphatic heterocycles. The van der Waals surface area contributed by atoms with Crippen molar-refractivity contribution in [1.82, 2.24) is 24.7 Å². The quantitative estimate of drug-likeness (QED) is 0.795. The Morgan fingerprint density at radius 2 is 1.79 bits per heavy atom. The van der Waals surface area contributed by atoms with Crippen LogP contribution in [0.15, 0.2) is 12.4 Å². The molecule has 0 radical (unpaired) electrons. The Hall–Kier alpha value is -2.02. The maximum atomic E-state index is 12.8. The molecule has 0 N–H and O–H groups in total. The molecular weight excluding hydrogens is 306 g/mol. The van der Waals surface area contributed by atoms with Gasteiger partial charge in [-0.3, -0.25) is 14.6 Å². The fourth-order valence-corrected chi connectivity index (χ4v) is 3.41. The number of aromatic nitrogens is 2. The van der Waals surface area contributed by atoms with Gasteiger partial charge in [0, 0.05) is 58.6 Å². The number of hydrogen-bond acceptors (Lipinski definition) is 5. The molecule has 7 nitrogen and oxygen atoms in total. The minimum Gasteiger partial charge on any atom is -0.343 e. The van der Waals surface area contributed by atoms with Crippen molar-refractivity contribution < 1.29 is 9.59 Å². The van der Waals surface area contributed by atoms with E-state index in [9.17, 15) is 9.59 Å². The first-order valence-electron chi connectivity index (χ1n) is 8.58. The van der Waals surface area contributed by atoms with Crippen LogP contribution in [0.1, 0.15) is 29.5 Å². The molecule has 2 amide bonds. The van der Waals surface area contributed by atoms with Crippen molar-refractivity contribution in [3.63, 3.8) is 0 Å². The van der Waals surface area contributed by atoms with E-state index in [0.29, 0.717) is 18.0 Å². The zero-order valence-electron chi connectivity index (χ0n) is 14.4. The number of nitrogens with zero attached hydrogens (tertiary/aromatic N) is 5. The second-order valence-electron chi connectivity index (χ2n) is 6.77. The molecule has 0 spiro atoms. The van der Waals surface area contributed by atoms with E-state index in [1.807, 2.05) is 9.80 Å². The van der Waals surface area contributed by atoms with E-state index in [4.69, 9.17) is 0 Å². The molecule has 0 aliphatic carbocycles. The molecule has 3 heterocycles. The Morgan fingerprint density at radius 3 is 2.46 bits per heavy atom. The highest BCUT2D eigenvalue weighted by Crippen LogP contribution is 2.21. The van der Waals surface area contributed by atoms with E-state index in [1.165, 1.54) is 0 Å². The predicted molar refractivity (Wildman–Crippen MR) is 89.5 cm³/mol. The van der Waals surface area contributed by atoms with Gasteiger partial charge < -0.3 is 14.7 Å².